The van der Waals surface area contributed by atoms with Gasteiger partial charge in [-0.1, -0.05) is 6.92 Å². The molecule has 0 amide bonds. The summed E-state index contributed by atoms with van der Waals surface area (Å²) in [5, 5.41) is 0. The van der Waals surface area contributed by atoms with E-state index in [4.69, 9.17) is 15.2 Å². The lowest BCUT2D eigenvalue weighted by Gasteiger charge is -2.09. The summed E-state index contributed by atoms with van der Waals surface area (Å²) in [5.41, 5.74) is 7.58. The lowest BCUT2D eigenvalue weighted by Crippen LogP contribution is -2.06. The summed E-state index contributed by atoms with van der Waals surface area (Å²) in [7, 11) is 1.63. The number of nitrogen functional groups attached to an aromatic ring is 1. The second-order valence-electron chi connectivity index (χ2n) is 4.33. The van der Waals surface area contributed by atoms with E-state index in [0.717, 1.165) is 23.3 Å². The summed E-state index contributed by atoms with van der Waals surface area (Å²) < 4.78 is 10.6. The highest BCUT2D eigenvalue weighted by Crippen LogP contribution is 2.25. The van der Waals surface area contributed by atoms with Crippen molar-refractivity contribution in [1.29, 1.82) is 0 Å². The van der Waals surface area contributed by atoms with Crippen molar-refractivity contribution >= 4 is 5.95 Å². The first-order valence-corrected chi connectivity index (χ1v) is 6.43. The molecule has 1 heterocycles. The fourth-order valence-electron chi connectivity index (χ4n) is 1.76. The van der Waals surface area contributed by atoms with Gasteiger partial charge in [0, 0.05) is 5.56 Å². The largest absolute Gasteiger partial charge is 0.497 e. The Morgan fingerprint density at radius 1 is 1.20 bits per heavy atom. The van der Waals surface area contributed by atoms with Crippen molar-refractivity contribution < 1.29 is 9.47 Å². The normalized spacial score (nSPS) is 10.3. The number of nitrogens with two attached hydrogens (primary N) is 1. The number of rotatable bonds is 5. The van der Waals surface area contributed by atoms with Crippen LogP contribution in [0.1, 0.15) is 18.9 Å². The van der Waals surface area contributed by atoms with Crippen LogP contribution < -0.4 is 15.2 Å². The van der Waals surface area contributed by atoms with Crippen LogP contribution in [-0.2, 0) is 0 Å². The molecule has 1 aromatic carbocycles. The van der Waals surface area contributed by atoms with Crippen molar-refractivity contribution in [3.8, 4) is 23.1 Å². The van der Waals surface area contributed by atoms with E-state index >= 15 is 0 Å². The van der Waals surface area contributed by atoms with Crippen LogP contribution >= 0.6 is 0 Å². The van der Waals surface area contributed by atoms with Gasteiger partial charge in [0.05, 0.1) is 13.7 Å². The second-order valence-corrected chi connectivity index (χ2v) is 4.33. The molecule has 0 saturated heterocycles. The molecule has 6 heteroatoms. The Morgan fingerprint density at radius 2 is 2.00 bits per heavy atom. The molecule has 0 atom stereocenters. The quantitative estimate of drug-likeness (QED) is 0.900. The minimum absolute atomic E-state index is 0.149. The molecule has 0 aliphatic heterocycles. The van der Waals surface area contributed by atoms with Gasteiger partial charge in [0.1, 0.15) is 5.75 Å². The van der Waals surface area contributed by atoms with E-state index in [-0.39, 0.29) is 12.0 Å². The first kappa shape index (κ1) is 14.0. The van der Waals surface area contributed by atoms with Gasteiger partial charge in [-0.3, -0.25) is 0 Å². The predicted octanol–water partition coefficient (Wildman–Crippen LogP) is 2.23. The van der Waals surface area contributed by atoms with Gasteiger partial charge < -0.3 is 15.2 Å². The third-order valence-electron chi connectivity index (χ3n) is 2.74. The molecule has 1 aromatic heterocycles. The lowest BCUT2D eigenvalue weighted by molar-refractivity contribution is 0.292. The fourth-order valence-corrected chi connectivity index (χ4v) is 1.76. The molecule has 106 valence electrons. The number of ether oxygens (including phenoxy) is 2. The lowest BCUT2D eigenvalue weighted by atomic mass is 10.1. The molecular formula is C14H18N4O2. The zero-order chi connectivity index (χ0) is 14.5. The van der Waals surface area contributed by atoms with Gasteiger partial charge in [0.15, 0.2) is 5.82 Å². The van der Waals surface area contributed by atoms with Gasteiger partial charge in [0.2, 0.25) is 5.95 Å². The van der Waals surface area contributed by atoms with Gasteiger partial charge in [-0.15, -0.1) is 0 Å². The van der Waals surface area contributed by atoms with Gasteiger partial charge in [-0.2, -0.15) is 15.0 Å². The molecule has 0 aliphatic rings. The molecule has 2 N–H and O–H groups in total. The van der Waals surface area contributed by atoms with Crippen LogP contribution in [0, 0.1) is 6.92 Å². The zero-order valence-corrected chi connectivity index (χ0v) is 11.9. The summed E-state index contributed by atoms with van der Waals surface area (Å²) >= 11 is 0. The van der Waals surface area contributed by atoms with Gasteiger partial charge in [-0.05, 0) is 37.1 Å². The number of anilines is 1. The van der Waals surface area contributed by atoms with E-state index < -0.39 is 0 Å². The molecule has 2 aromatic rings. The smallest absolute Gasteiger partial charge is 0.321 e. The molecule has 0 aliphatic carbocycles. The van der Waals surface area contributed by atoms with Gasteiger partial charge in [0.25, 0.3) is 0 Å². The van der Waals surface area contributed by atoms with Crippen molar-refractivity contribution in [2.45, 2.75) is 20.3 Å². The molecule has 0 fully saturated rings. The highest BCUT2D eigenvalue weighted by molar-refractivity contribution is 5.62. The fraction of sp³-hybridized carbons (Fsp3) is 0.357. The molecular weight excluding hydrogens is 256 g/mol. The van der Waals surface area contributed by atoms with E-state index in [1.807, 2.05) is 32.0 Å². The Kier molecular flexibility index (Phi) is 4.34. The summed E-state index contributed by atoms with van der Waals surface area (Å²) in [4.78, 5) is 12.4. The average Bonchev–Trinajstić information content (AvgIpc) is 2.44. The molecule has 0 radical (unpaired) electrons. The monoisotopic (exact) mass is 274 g/mol. The molecule has 6 nitrogen and oxygen atoms in total. The third kappa shape index (κ3) is 3.14. The number of aromatic nitrogens is 3. The SMILES string of the molecule is CCCOc1nc(N)nc(-c2ccc(OC)cc2C)n1. The number of benzene rings is 1. The maximum Gasteiger partial charge on any atom is 0.321 e. The van der Waals surface area contributed by atoms with E-state index in [2.05, 4.69) is 15.0 Å². The van der Waals surface area contributed by atoms with Gasteiger partial charge >= 0.3 is 6.01 Å². The van der Waals surface area contributed by atoms with Crippen molar-refractivity contribution in [3.63, 3.8) is 0 Å². The van der Waals surface area contributed by atoms with Crippen molar-refractivity contribution in [2.75, 3.05) is 19.5 Å². The minimum Gasteiger partial charge on any atom is -0.497 e. The third-order valence-corrected chi connectivity index (χ3v) is 2.74. The molecule has 0 bridgehead atoms. The van der Waals surface area contributed by atoms with E-state index in [1.165, 1.54) is 0 Å². The summed E-state index contributed by atoms with van der Waals surface area (Å²) in [5.74, 6) is 1.44. The number of hydrogen-bond acceptors (Lipinski definition) is 6. The first-order chi connectivity index (χ1) is 9.63. The number of methoxy groups -OCH3 is 1. The highest BCUT2D eigenvalue weighted by atomic mass is 16.5. The predicted molar refractivity (Wildman–Crippen MR) is 76.8 cm³/mol. The Morgan fingerprint density at radius 3 is 2.65 bits per heavy atom. The average molecular weight is 274 g/mol. The molecule has 0 saturated carbocycles. The van der Waals surface area contributed by atoms with Crippen molar-refractivity contribution in [2.24, 2.45) is 0 Å². The summed E-state index contributed by atoms with van der Waals surface area (Å²) in [6.07, 6.45) is 0.877. The maximum absolute atomic E-state index is 5.71. The molecule has 2 rings (SSSR count). The van der Waals surface area contributed by atoms with E-state index in [9.17, 15) is 0 Å². The number of hydrogen-bond donors (Lipinski definition) is 1. The molecule has 20 heavy (non-hydrogen) atoms. The first-order valence-electron chi connectivity index (χ1n) is 6.43. The van der Waals surface area contributed by atoms with Crippen LogP contribution in [0.15, 0.2) is 18.2 Å². The molecule has 0 spiro atoms. The summed E-state index contributed by atoms with van der Waals surface area (Å²) in [6.45, 7) is 4.52. The van der Waals surface area contributed by atoms with Crippen molar-refractivity contribution in [1.82, 2.24) is 15.0 Å². The van der Waals surface area contributed by atoms with Crippen molar-refractivity contribution in [3.05, 3.63) is 23.8 Å². The second kappa shape index (κ2) is 6.18. The highest BCUT2D eigenvalue weighted by Gasteiger charge is 2.10. The Bertz CT molecular complexity index is 602. The number of aryl methyl sites for hydroxylation is 1. The van der Waals surface area contributed by atoms with Crippen LogP contribution in [0.2, 0.25) is 0 Å². The number of nitrogens with zero attached hydrogens (tertiary/aromatic N) is 3. The topological polar surface area (TPSA) is 83.2 Å². The Labute approximate surface area is 118 Å². The van der Waals surface area contributed by atoms with Crippen LogP contribution in [-0.4, -0.2) is 28.7 Å². The zero-order valence-electron chi connectivity index (χ0n) is 11.9. The van der Waals surface area contributed by atoms with E-state index in [1.54, 1.807) is 7.11 Å². The maximum atomic E-state index is 5.71. The van der Waals surface area contributed by atoms with Crippen LogP contribution in [0.3, 0.4) is 0 Å². The minimum atomic E-state index is 0.149. The molecule has 0 unspecified atom stereocenters. The van der Waals surface area contributed by atoms with Crippen LogP contribution in [0.25, 0.3) is 11.4 Å². The Balaban J connectivity index is 2.39. The van der Waals surface area contributed by atoms with Gasteiger partial charge in [-0.25, -0.2) is 0 Å². The summed E-state index contributed by atoms with van der Waals surface area (Å²) in [6, 6.07) is 5.92. The van der Waals surface area contributed by atoms with Crippen LogP contribution in [0.4, 0.5) is 5.95 Å². The standard InChI is InChI=1S/C14H18N4O2/c1-4-7-20-14-17-12(16-13(15)18-14)11-6-5-10(19-3)8-9(11)2/h5-6,8H,4,7H2,1-3H3,(H2,15,16,17,18). The van der Waals surface area contributed by atoms with Crippen LogP contribution in [0.5, 0.6) is 11.8 Å². The Hall–Kier alpha value is -2.37. The van der Waals surface area contributed by atoms with E-state index in [0.29, 0.717) is 12.4 Å².